The molecule has 1 fully saturated rings. The number of carbonyl (C=O) groups is 2. The summed E-state index contributed by atoms with van der Waals surface area (Å²) in [5.74, 6) is 1.23. The summed E-state index contributed by atoms with van der Waals surface area (Å²) in [6, 6.07) is 25.5. The van der Waals surface area contributed by atoms with Crippen LogP contribution >= 0.6 is 0 Å². The Labute approximate surface area is 251 Å². The van der Waals surface area contributed by atoms with Gasteiger partial charge in [-0.1, -0.05) is 60.7 Å². The van der Waals surface area contributed by atoms with Crippen molar-refractivity contribution in [3.63, 3.8) is 0 Å². The molecule has 220 valence electrons. The number of H-pyrrole nitrogens is 1. The van der Waals surface area contributed by atoms with Crippen molar-refractivity contribution in [2.24, 2.45) is 5.92 Å². The fraction of sp³-hybridized carbons (Fsp3) is 0.314. The molecule has 1 aliphatic carbocycles. The molecule has 3 N–H and O–H groups in total. The van der Waals surface area contributed by atoms with Crippen LogP contribution in [0.25, 0.3) is 21.8 Å². The summed E-state index contributed by atoms with van der Waals surface area (Å²) in [6.45, 7) is 0.598. The van der Waals surface area contributed by atoms with Gasteiger partial charge in [0.2, 0.25) is 11.9 Å². The third kappa shape index (κ3) is 6.38. The van der Waals surface area contributed by atoms with Crippen molar-refractivity contribution < 1.29 is 9.59 Å². The molecular formula is C35H38N6O2. The number of nitrogens with zero attached hydrogens (tertiary/aromatic N) is 3. The molecule has 5 aromatic rings. The van der Waals surface area contributed by atoms with Crippen LogP contribution in [0.15, 0.2) is 85.1 Å². The van der Waals surface area contributed by atoms with Crippen LogP contribution in [0, 0.1) is 5.92 Å². The van der Waals surface area contributed by atoms with E-state index >= 15 is 0 Å². The number of carbonyl (C=O) groups excluding carboxylic acids is 2. The molecule has 0 spiro atoms. The molecule has 43 heavy (non-hydrogen) atoms. The van der Waals surface area contributed by atoms with Gasteiger partial charge in [0.05, 0.1) is 11.4 Å². The van der Waals surface area contributed by atoms with E-state index in [1.165, 1.54) is 0 Å². The van der Waals surface area contributed by atoms with Gasteiger partial charge in [0, 0.05) is 61.2 Å². The molecule has 0 radical (unpaired) electrons. The van der Waals surface area contributed by atoms with Gasteiger partial charge in [0.1, 0.15) is 5.82 Å². The highest BCUT2D eigenvalue weighted by Gasteiger charge is 2.28. The standard InChI is InChI=1S/C35H38N6O2/c1-41(2)33-27-13-7-9-15-31(27)39-35(40-33)38-25-18-16-23(17-19-25)21-37-34(43)28(20-32(42)24-10-4-3-5-11-24)29-22-36-30-14-8-6-12-26(29)30/h3-15,22-23,25,28,36H,16-21H2,1-2H3,(H,37,43)(H,38,39,40)/t23-,25+,28?. The predicted octanol–water partition coefficient (Wildman–Crippen LogP) is 6.32. The van der Waals surface area contributed by atoms with Crippen LogP contribution in [0.2, 0.25) is 0 Å². The van der Waals surface area contributed by atoms with Crippen LogP contribution in [0.5, 0.6) is 0 Å². The van der Waals surface area contributed by atoms with Crippen molar-refractivity contribution in [1.29, 1.82) is 0 Å². The lowest BCUT2D eigenvalue weighted by molar-refractivity contribution is -0.122. The summed E-state index contributed by atoms with van der Waals surface area (Å²) >= 11 is 0. The lowest BCUT2D eigenvalue weighted by atomic mass is 9.85. The van der Waals surface area contributed by atoms with Gasteiger partial charge < -0.3 is 20.5 Å². The summed E-state index contributed by atoms with van der Waals surface area (Å²) in [7, 11) is 4.00. The van der Waals surface area contributed by atoms with Crippen LogP contribution in [0.4, 0.5) is 11.8 Å². The lowest BCUT2D eigenvalue weighted by Gasteiger charge is -2.30. The van der Waals surface area contributed by atoms with Crippen molar-refractivity contribution >= 4 is 45.3 Å². The van der Waals surface area contributed by atoms with Gasteiger partial charge >= 0.3 is 0 Å². The number of aromatic nitrogens is 3. The Morgan fingerprint density at radius 1 is 0.884 bits per heavy atom. The summed E-state index contributed by atoms with van der Waals surface area (Å²) < 4.78 is 0. The van der Waals surface area contributed by atoms with Crippen LogP contribution in [-0.2, 0) is 4.79 Å². The summed E-state index contributed by atoms with van der Waals surface area (Å²) in [6.07, 6.45) is 5.94. The number of hydrogen-bond acceptors (Lipinski definition) is 6. The minimum atomic E-state index is -0.571. The number of Topliss-reactive ketones (excluding diaryl/α,β-unsaturated/α-hetero) is 1. The zero-order valence-corrected chi connectivity index (χ0v) is 24.7. The number of fused-ring (bicyclic) bond motifs is 2. The van der Waals surface area contributed by atoms with E-state index in [-0.39, 0.29) is 24.2 Å². The molecule has 1 saturated carbocycles. The zero-order chi connectivity index (χ0) is 29.8. The van der Waals surface area contributed by atoms with E-state index < -0.39 is 5.92 Å². The highest BCUT2D eigenvalue weighted by Crippen LogP contribution is 2.31. The fourth-order valence-electron chi connectivity index (χ4n) is 6.18. The lowest BCUT2D eigenvalue weighted by Crippen LogP contribution is -2.37. The Hall–Kier alpha value is -4.72. The Morgan fingerprint density at radius 3 is 2.35 bits per heavy atom. The second-order valence-corrected chi connectivity index (χ2v) is 11.7. The molecule has 6 rings (SSSR count). The largest absolute Gasteiger partial charge is 0.362 e. The van der Waals surface area contributed by atoms with E-state index in [4.69, 9.17) is 9.97 Å². The molecule has 3 aromatic carbocycles. The quantitative estimate of drug-likeness (QED) is 0.169. The number of para-hydroxylation sites is 2. The molecule has 8 nitrogen and oxygen atoms in total. The predicted molar refractivity (Wildman–Crippen MR) is 173 cm³/mol. The molecule has 1 unspecified atom stereocenters. The van der Waals surface area contributed by atoms with Crippen LogP contribution < -0.4 is 15.5 Å². The van der Waals surface area contributed by atoms with E-state index in [0.29, 0.717) is 24.0 Å². The maximum atomic E-state index is 13.7. The third-order valence-corrected chi connectivity index (χ3v) is 8.55. The van der Waals surface area contributed by atoms with Crippen molar-refractivity contribution in [3.8, 4) is 0 Å². The van der Waals surface area contributed by atoms with Crippen molar-refractivity contribution in [1.82, 2.24) is 20.3 Å². The maximum Gasteiger partial charge on any atom is 0.228 e. The van der Waals surface area contributed by atoms with Gasteiger partial charge in [0.15, 0.2) is 5.78 Å². The van der Waals surface area contributed by atoms with Gasteiger partial charge in [-0.25, -0.2) is 4.98 Å². The molecule has 1 atom stereocenters. The topological polar surface area (TPSA) is 103 Å². The molecule has 1 aliphatic rings. The number of aromatic amines is 1. The Balaban J connectivity index is 1.09. The van der Waals surface area contributed by atoms with Gasteiger partial charge in [-0.05, 0) is 55.4 Å². The first-order chi connectivity index (χ1) is 21.0. The minimum Gasteiger partial charge on any atom is -0.362 e. The van der Waals surface area contributed by atoms with Gasteiger partial charge in [-0.15, -0.1) is 0 Å². The highest BCUT2D eigenvalue weighted by atomic mass is 16.2. The van der Waals surface area contributed by atoms with Crippen LogP contribution in [0.1, 0.15) is 53.9 Å². The summed E-state index contributed by atoms with van der Waals surface area (Å²) in [5, 5.41) is 8.79. The van der Waals surface area contributed by atoms with E-state index in [1.807, 2.05) is 98.0 Å². The molecular weight excluding hydrogens is 536 g/mol. The molecule has 0 aliphatic heterocycles. The molecule has 8 heteroatoms. The molecule has 0 saturated heterocycles. The van der Waals surface area contributed by atoms with E-state index in [1.54, 1.807) is 0 Å². The smallest absolute Gasteiger partial charge is 0.228 e. The van der Waals surface area contributed by atoms with E-state index in [2.05, 4.69) is 21.7 Å². The Kier molecular flexibility index (Phi) is 8.36. The van der Waals surface area contributed by atoms with Crippen LogP contribution in [0.3, 0.4) is 0 Å². The van der Waals surface area contributed by atoms with E-state index in [9.17, 15) is 9.59 Å². The number of amides is 1. The molecule has 1 amide bonds. The SMILES string of the molecule is CN(C)c1nc(N[C@H]2CC[C@@H](CNC(=O)C(CC(=O)c3ccccc3)c3c[nH]c4ccccc34)CC2)nc2ccccc12. The normalized spacial score (nSPS) is 17.4. The molecule has 2 aromatic heterocycles. The number of ketones is 1. The zero-order valence-electron chi connectivity index (χ0n) is 24.7. The number of benzene rings is 3. The van der Waals surface area contributed by atoms with Gasteiger partial charge in [-0.3, -0.25) is 9.59 Å². The van der Waals surface area contributed by atoms with E-state index in [0.717, 1.165) is 58.9 Å². The van der Waals surface area contributed by atoms with Gasteiger partial charge in [-0.2, -0.15) is 4.98 Å². The summed E-state index contributed by atoms with van der Waals surface area (Å²) in [5.41, 5.74) is 3.37. The first-order valence-electron chi connectivity index (χ1n) is 15.1. The average Bonchev–Trinajstić information content (AvgIpc) is 3.47. The second kappa shape index (κ2) is 12.7. The first-order valence-corrected chi connectivity index (χ1v) is 15.1. The third-order valence-electron chi connectivity index (χ3n) is 8.55. The Bertz CT molecular complexity index is 1720. The molecule has 2 heterocycles. The maximum absolute atomic E-state index is 13.7. The van der Waals surface area contributed by atoms with Crippen molar-refractivity contribution in [2.75, 3.05) is 30.9 Å². The monoisotopic (exact) mass is 574 g/mol. The van der Waals surface area contributed by atoms with Crippen molar-refractivity contribution in [2.45, 2.75) is 44.1 Å². The highest BCUT2D eigenvalue weighted by molar-refractivity contribution is 6.01. The van der Waals surface area contributed by atoms with Gasteiger partial charge in [0.25, 0.3) is 0 Å². The fourth-order valence-corrected chi connectivity index (χ4v) is 6.18. The average molecular weight is 575 g/mol. The second-order valence-electron chi connectivity index (χ2n) is 11.7. The molecule has 0 bridgehead atoms. The number of anilines is 2. The number of rotatable bonds is 10. The minimum absolute atomic E-state index is 0.0362. The Morgan fingerprint density at radius 2 is 1.58 bits per heavy atom. The number of hydrogen-bond donors (Lipinski definition) is 3. The van der Waals surface area contributed by atoms with Crippen molar-refractivity contribution in [3.05, 3.63) is 96.2 Å². The summed E-state index contributed by atoms with van der Waals surface area (Å²) in [4.78, 5) is 41.7. The number of nitrogens with one attached hydrogen (secondary N) is 3. The first kappa shape index (κ1) is 28.4. The van der Waals surface area contributed by atoms with Crippen LogP contribution in [-0.4, -0.2) is 53.3 Å².